The maximum atomic E-state index is 12.6. The van der Waals surface area contributed by atoms with Crippen molar-refractivity contribution < 1.29 is 8.78 Å². The van der Waals surface area contributed by atoms with E-state index in [0.29, 0.717) is 11.3 Å². The summed E-state index contributed by atoms with van der Waals surface area (Å²) in [6, 6.07) is 4.37. The van der Waals surface area contributed by atoms with Crippen molar-refractivity contribution in [3.8, 4) is 11.1 Å². The van der Waals surface area contributed by atoms with Gasteiger partial charge in [-0.15, -0.1) is 0 Å². The largest absolute Gasteiger partial charge is 0.399 e. The van der Waals surface area contributed by atoms with Crippen molar-refractivity contribution >= 4 is 5.69 Å². The summed E-state index contributed by atoms with van der Waals surface area (Å²) in [5.41, 5.74) is 7.27. The van der Waals surface area contributed by atoms with Crippen LogP contribution >= 0.6 is 0 Å². The van der Waals surface area contributed by atoms with Gasteiger partial charge in [-0.25, -0.2) is 8.78 Å². The maximum absolute atomic E-state index is 12.6. The van der Waals surface area contributed by atoms with Gasteiger partial charge in [-0.2, -0.15) is 5.10 Å². The number of hydrogen-bond acceptors (Lipinski definition) is 2. The van der Waals surface area contributed by atoms with Gasteiger partial charge in [0.15, 0.2) is 0 Å². The molecule has 1 aromatic carbocycles. The molecule has 3 nitrogen and oxygen atoms in total. The third kappa shape index (κ3) is 2.03. The molecule has 0 aliphatic rings. The summed E-state index contributed by atoms with van der Waals surface area (Å²) in [6.07, 6.45) is 0.854. The predicted octanol–water partition coefficient (Wildman–Crippen LogP) is 2.61. The van der Waals surface area contributed by atoms with Crippen molar-refractivity contribution in [1.29, 1.82) is 0 Å². The van der Waals surface area contributed by atoms with E-state index in [9.17, 15) is 8.78 Å². The number of benzene rings is 1. The average molecular weight is 223 g/mol. The number of halogens is 2. The van der Waals surface area contributed by atoms with Crippen LogP contribution in [0.2, 0.25) is 0 Å². The van der Waals surface area contributed by atoms with Gasteiger partial charge in [0.25, 0.3) is 6.43 Å². The van der Waals surface area contributed by atoms with E-state index in [0.717, 1.165) is 5.56 Å². The summed E-state index contributed by atoms with van der Waals surface area (Å²) >= 11 is 0. The lowest BCUT2D eigenvalue weighted by Crippen LogP contribution is -1.91. The lowest BCUT2D eigenvalue weighted by atomic mass is 10.1. The molecular weight excluding hydrogens is 212 g/mol. The highest BCUT2D eigenvalue weighted by atomic mass is 19.3. The van der Waals surface area contributed by atoms with E-state index in [-0.39, 0.29) is 5.56 Å². The van der Waals surface area contributed by atoms with Gasteiger partial charge in [-0.05, 0) is 23.8 Å². The molecule has 5 heteroatoms. The summed E-state index contributed by atoms with van der Waals surface area (Å²) in [6.45, 7) is 0. The van der Waals surface area contributed by atoms with Gasteiger partial charge in [-0.3, -0.25) is 4.68 Å². The van der Waals surface area contributed by atoms with Crippen LogP contribution in [0.3, 0.4) is 0 Å². The van der Waals surface area contributed by atoms with Crippen molar-refractivity contribution in [2.24, 2.45) is 7.05 Å². The van der Waals surface area contributed by atoms with Gasteiger partial charge in [0.2, 0.25) is 0 Å². The highest BCUT2D eigenvalue weighted by Gasteiger charge is 2.10. The van der Waals surface area contributed by atoms with Gasteiger partial charge in [-0.1, -0.05) is 0 Å². The summed E-state index contributed by atoms with van der Waals surface area (Å²) in [5.74, 6) is 0. The van der Waals surface area contributed by atoms with E-state index < -0.39 is 6.43 Å². The zero-order valence-corrected chi connectivity index (χ0v) is 8.69. The summed E-state index contributed by atoms with van der Waals surface area (Å²) in [4.78, 5) is 0. The topological polar surface area (TPSA) is 43.8 Å². The summed E-state index contributed by atoms with van der Waals surface area (Å²) in [5, 5.41) is 3.99. The Balaban J connectivity index is 2.49. The smallest absolute Gasteiger partial charge is 0.263 e. The Hall–Kier alpha value is -1.91. The van der Waals surface area contributed by atoms with Gasteiger partial charge in [0, 0.05) is 30.1 Å². The predicted molar refractivity (Wildman–Crippen MR) is 58.0 cm³/mol. The molecule has 84 valence electrons. The molecule has 0 atom stereocenters. The highest BCUT2D eigenvalue weighted by molar-refractivity contribution is 5.67. The molecule has 1 aromatic heterocycles. The molecule has 0 radical (unpaired) electrons. The van der Waals surface area contributed by atoms with Gasteiger partial charge < -0.3 is 5.73 Å². The quantitative estimate of drug-likeness (QED) is 0.795. The second kappa shape index (κ2) is 3.92. The van der Waals surface area contributed by atoms with Crippen LogP contribution in [0.4, 0.5) is 14.5 Å². The minimum Gasteiger partial charge on any atom is -0.399 e. The van der Waals surface area contributed by atoms with E-state index in [4.69, 9.17) is 5.73 Å². The normalized spacial score (nSPS) is 11.0. The van der Waals surface area contributed by atoms with Crippen molar-refractivity contribution in [3.05, 3.63) is 36.2 Å². The van der Waals surface area contributed by atoms with Crippen LogP contribution in [0.5, 0.6) is 0 Å². The molecule has 0 unspecified atom stereocenters. The first kappa shape index (κ1) is 10.6. The van der Waals surface area contributed by atoms with Crippen LogP contribution in [0.1, 0.15) is 12.0 Å². The number of rotatable bonds is 2. The number of nitrogen functional groups attached to an aromatic ring is 1. The van der Waals surface area contributed by atoms with Gasteiger partial charge in [0.05, 0.1) is 6.20 Å². The Morgan fingerprint density at radius 1 is 1.25 bits per heavy atom. The molecule has 2 aromatic rings. The summed E-state index contributed by atoms with van der Waals surface area (Å²) in [7, 11) is 1.77. The molecule has 2 rings (SSSR count). The molecule has 0 aliphatic heterocycles. The maximum Gasteiger partial charge on any atom is 0.263 e. The molecule has 0 saturated heterocycles. The van der Waals surface area contributed by atoms with Crippen LogP contribution in [0.25, 0.3) is 11.1 Å². The minimum absolute atomic E-state index is 0.0705. The number of aryl methyl sites for hydroxylation is 1. The van der Waals surface area contributed by atoms with Crippen molar-refractivity contribution in [3.63, 3.8) is 0 Å². The number of aromatic nitrogens is 2. The number of nitrogens with zero attached hydrogens (tertiary/aromatic N) is 2. The van der Waals surface area contributed by atoms with Crippen LogP contribution in [0.15, 0.2) is 30.6 Å². The average Bonchev–Trinajstić information content (AvgIpc) is 2.64. The van der Waals surface area contributed by atoms with E-state index in [1.54, 1.807) is 30.2 Å². The number of hydrogen-bond donors (Lipinski definition) is 1. The standard InChI is InChI=1S/C11H11F2N3/c1-16-6-9(5-15-16)7-2-8(11(12)13)4-10(14)3-7/h2-6,11H,14H2,1H3. The van der Waals surface area contributed by atoms with E-state index >= 15 is 0 Å². The Labute approximate surface area is 91.5 Å². The monoisotopic (exact) mass is 223 g/mol. The van der Waals surface area contributed by atoms with E-state index in [1.165, 1.54) is 12.1 Å². The van der Waals surface area contributed by atoms with Gasteiger partial charge in [0.1, 0.15) is 0 Å². The van der Waals surface area contributed by atoms with Crippen LogP contribution in [0, 0.1) is 0 Å². The van der Waals surface area contributed by atoms with Crippen LogP contribution in [-0.4, -0.2) is 9.78 Å². The number of nitrogens with two attached hydrogens (primary N) is 1. The molecule has 0 amide bonds. The molecule has 0 spiro atoms. The first-order valence-corrected chi connectivity index (χ1v) is 4.74. The van der Waals surface area contributed by atoms with Crippen LogP contribution in [-0.2, 0) is 7.05 Å². The van der Waals surface area contributed by atoms with Gasteiger partial charge >= 0.3 is 0 Å². The lowest BCUT2D eigenvalue weighted by molar-refractivity contribution is 0.151. The zero-order chi connectivity index (χ0) is 11.7. The van der Waals surface area contributed by atoms with Crippen molar-refractivity contribution in [2.75, 3.05) is 5.73 Å². The van der Waals surface area contributed by atoms with E-state index in [2.05, 4.69) is 5.10 Å². The Bertz CT molecular complexity index is 506. The molecular formula is C11H11F2N3. The van der Waals surface area contributed by atoms with E-state index in [1.807, 2.05) is 0 Å². The molecule has 0 saturated carbocycles. The van der Waals surface area contributed by atoms with Crippen LogP contribution < -0.4 is 5.73 Å². The third-order valence-electron chi connectivity index (χ3n) is 2.27. The molecule has 0 bridgehead atoms. The van der Waals surface area contributed by atoms with Crippen molar-refractivity contribution in [2.45, 2.75) is 6.43 Å². The Morgan fingerprint density at radius 3 is 2.56 bits per heavy atom. The fourth-order valence-electron chi connectivity index (χ4n) is 1.54. The first-order chi connectivity index (χ1) is 7.56. The minimum atomic E-state index is -2.51. The second-order valence-electron chi connectivity index (χ2n) is 3.59. The summed E-state index contributed by atoms with van der Waals surface area (Å²) < 4.78 is 26.8. The second-order valence-corrected chi connectivity index (χ2v) is 3.59. The first-order valence-electron chi connectivity index (χ1n) is 4.74. The Morgan fingerprint density at radius 2 is 2.00 bits per heavy atom. The molecule has 2 N–H and O–H groups in total. The fourth-order valence-corrected chi connectivity index (χ4v) is 1.54. The lowest BCUT2D eigenvalue weighted by Gasteiger charge is -2.05. The Kier molecular flexibility index (Phi) is 2.60. The third-order valence-corrected chi connectivity index (χ3v) is 2.27. The molecule has 1 heterocycles. The van der Waals surface area contributed by atoms with Crippen molar-refractivity contribution in [1.82, 2.24) is 9.78 Å². The molecule has 0 aliphatic carbocycles. The fraction of sp³-hybridized carbons (Fsp3) is 0.182. The zero-order valence-electron chi connectivity index (χ0n) is 8.69. The SMILES string of the molecule is Cn1cc(-c2cc(N)cc(C(F)F)c2)cn1. The molecule has 16 heavy (non-hydrogen) atoms. The number of alkyl halides is 2. The number of anilines is 1. The highest BCUT2D eigenvalue weighted by Crippen LogP contribution is 2.28. The molecule has 0 fully saturated rings.